The van der Waals surface area contributed by atoms with E-state index in [4.69, 9.17) is 9.84 Å². The van der Waals surface area contributed by atoms with Crippen molar-refractivity contribution in [3.8, 4) is 11.5 Å². The van der Waals surface area contributed by atoms with Crippen molar-refractivity contribution in [2.45, 2.75) is 18.3 Å². The summed E-state index contributed by atoms with van der Waals surface area (Å²) < 4.78 is 5.35. The summed E-state index contributed by atoms with van der Waals surface area (Å²) in [5, 5.41) is 20.9. The molecule has 0 bridgehead atoms. The Balaban J connectivity index is 1.76. The maximum Gasteiger partial charge on any atom is 0.352 e. The maximum atomic E-state index is 12.5. The van der Waals surface area contributed by atoms with Crippen LogP contribution in [0.25, 0.3) is 0 Å². The number of phenols is 1. The van der Waals surface area contributed by atoms with Crippen molar-refractivity contribution in [1.29, 1.82) is 0 Å². The van der Waals surface area contributed by atoms with Crippen LogP contribution in [0.15, 0.2) is 30.0 Å². The number of amides is 2. The van der Waals surface area contributed by atoms with Gasteiger partial charge in [0, 0.05) is 11.8 Å². The van der Waals surface area contributed by atoms with Gasteiger partial charge in [0.2, 0.25) is 0 Å². The Morgan fingerprint density at radius 2 is 2.20 bits per heavy atom. The third-order valence-corrected chi connectivity index (χ3v) is 5.05. The normalized spacial score (nSPS) is 21.7. The van der Waals surface area contributed by atoms with Gasteiger partial charge in [-0.05, 0) is 25.1 Å². The first-order valence-electron chi connectivity index (χ1n) is 7.58. The molecule has 2 amide bonds. The number of nitrogens with one attached hydrogen (secondary N) is 1. The standard InChI is InChI=1S/C16H16N2O6S/c1-2-24-11-7-8(19)3-4-9(11)13(20)17-12-14(21)18-10(16(22)23)5-6-25-15(12)18/h3-5,7,12,15,19H,2,6H2,1H3,(H,17,20)(H,22,23)/t12?,15-/m0/s1. The molecule has 132 valence electrons. The van der Waals surface area contributed by atoms with E-state index < -0.39 is 29.2 Å². The third kappa shape index (κ3) is 3.02. The first kappa shape index (κ1) is 17.2. The number of β-lactam (4-membered cyclic amide) rings is 1. The Morgan fingerprint density at radius 3 is 2.88 bits per heavy atom. The lowest BCUT2D eigenvalue weighted by Gasteiger charge is -2.48. The predicted molar refractivity (Wildman–Crippen MR) is 89.3 cm³/mol. The van der Waals surface area contributed by atoms with Crippen LogP contribution in [-0.4, -0.2) is 56.7 Å². The minimum atomic E-state index is -1.17. The Kier molecular flexibility index (Phi) is 4.58. The molecule has 3 N–H and O–H groups in total. The number of thioether (sulfide) groups is 1. The molecule has 0 radical (unpaired) electrons. The Morgan fingerprint density at radius 1 is 1.44 bits per heavy atom. The summed E-state index contributed by atoms with van der Waals surface area (Å²) in [5.74, 6) is -1.52. The smallest absolute Gasteiger partial charge is 0.352 e. The van der Waals surface area contributed by atoms with Gasteiger partial charge in [0.05, 0.1) is 12.2 Å². The van der Waals surface area contributed by atoms with E-state index in [2.05, 4.69) is 5.32 Å². The molecule has 25 heavy (non-hydrogen) atoms. The highest BCUT2D eigenvalue weighted by Crippen LogP contribution is 2.37. The molecule has 1 unspecified atom stereocenters. The SMILES string of the molecule is CCOc1cc(O)ccc1C(=O)NC1C(=O)N2C(C(=O)O)=CCS[C@@H]12. The van der Waals surface area contributed by atoms with E-state index >= 15 is 0 Å². The molecular weight excluding hydrogens is 348 g/mol. The number of carbonyl (C=O) groups excluding carboxylic acids is 2. The summed E-state index contributed by atoms with van der Waals surface area (Å²) in [6.45, 7) is 2.06. The molecule has 3 rings (SSSR count). The van der Waals surface area contributed by atoms with E-state index in [1.807, 2.05) is 0 Å². The van der Waals surface area contributed by atoms with Crippen LogP contribution in [0.4, 0.5) is 0 Å². The molecular formula is C16H16N2O6S. The highest BCUT2D eigenvalue weighted by Gasteiger charge is 2.52. The number of carboxylic acids is 1. The Hall–Kier alpha value is -2.68. The second-order valence-electron chi connectivity index (χ2n) is 5.39. The summed E-state index contributed by atoms with van der Waals surface area (Å²) in [5.41, 5.74) is 0.139. The largest absolute Gasteiger partial charge is 0.508 e. The minimum Gasteiger partial charge on any atom is -0.508 e. The Labute approximate surface area is 147 Å². The highest BCUT2D eigenvalue weighted by molar-refractivity contribution is 8.00. The van der Waals surface area contributed by atoms with Gasteiger partial charge in [0.1, 0.15) is 28.6 Å². The number of ether oxygens (including phenoxy) is 1. The van der Waals surface area contributed by atoms with Crippen LogP contribution < -0.4 is 10.1 Å². The van der Waals surface area contributed by atoms with E-state index in [9.17, 15) is 19.5 Å². The number of aromatic hydroxyl groups is 1. The molecule has 2 atom stereocenters. The lowest BCUT2D eigenvalue weighted by molar-refractivity contribution is -0.148. The van der Waals surface area contributed by atoms with Crippen LogP contribution in [-0.2, 0) is 9.59 Å². The number of fused-ring (bicyclic) bond motifs is 1. The zero-order chi connectivity index (χ0) is 18.1. The number of nitrogens with zero attached hydrogens (tertiary/aromatic N) is 1. The molecule has 9 heteroatoms. The van der Waals surface area contributed by atoms with Crippen molar-refractivity contribution in [2.24, 2.45) is 0 Å². The van der Waals surface area contributed by atoms with Gasteiger partial charge in [0.25, 0.3) is 11.8 Å². The van der Waals surface area contributed by atoms with E-state index in [1.54, 1.807) is 6.92 Å². The number of aliphatic carboxylic acids is 1. The average molecular weight is 364 g/mol. The molecule has 2 heterocycles. The van der Waals surface area contributed by atoms with Gasteiger partial charge in [0.15, 0.2) is 0 Å². The summed E-state index contributed by atoms with van der Waals surface area (Å²) in [6.07, 6.45) is 1.48. The quantitative estimate of drug-likeness (QED) is 0.661. The number of benzene rings is 1. The van der Waals surface area contributed by atoms with Gasteiger partial charge in [-0.2, -0.15) is 0 Å². The van der Waals surface area contributed by atoms with Crippen LogP contribution in [0, 0.1) is 0 Å². The van der Waals surface area contributed by atoms with Crippen molar-refractivity contribution in [3.63, 3.8) is 0 Å². The number of rotatable bonds is 5. The fourth-order valence-corrected chi connectivity index (χ4v) is 3.93. The summed E-state index contributed by atoms with van der Waals surface area (Å²) in [7, 11) is 0. The van der Waals surface area contributed by atoms with Gasteiger partial charge in [-0.1, -0.05) is 0 Å². The number of carboxylic acid groups (broad SMARTS) is 1. The van der Waals surface area contributed by atoms with Crippen LogP contribution in [0.3, 0.4) is 0 Å². The number of phenolic OH excluding ortho intramolecular Hbond substituents is 1. The second-order valence-corrected chi connectivity index (χ2v) is 6.54. The van der Waals surface area contributed by atoms with Gasteiger partial charge < -0.3 is 20.3 Å². The van der Waals surface area contributed by atoms with Crippen molar-refractivity contribution in [1.82, 2.24) is 10.2 Å². The van der Waals surface area contributed by atoms with Crippen LogP contribution in [0.2, 0.25) is 0 Å². The van der Waals surface area contributed by atoms with E-state index in [0.29, 0.717) is 12.4 Å². The van der Waals surface area contributed by atoms with Gasteiger partial charge in [-0.15, -0.1) is 11.8 Å². The van der Waals surface area contributed by atoms with Gasteiger partial charge in [-0.25, -0.2) is 4.79 Å². The monoisotopic (exact) mass is 364 g/mol. The molecule has 2 aliphatic heterocycles. The average Bonchev–Trinajstić information content (AvgIpc) is 2.58. The molecule has 1 aromatic rings. The third-order valence-electron chi connectivity index (χ3n) is 3.86. The Bertz CT molecular complexity index is 778. The minimum absolute atomic E-state index is 0.0371. The van der Waals surface area contributed by atoms with Gasteiger partial charge in [-0.3, -0.25) is 14.5 Å². The number of hydrogen-bond donors (Lipinski definition) is 3. The second kappa shape index (κ2) is 6.67. The molecule has 2 aliphatic rings. The molecule has 0 spiro atoms. The summed E-state index contributed by atoms with van der Waals surface area (Å²) >= 11 is 1.38. The topological polar surface area (TPSA) is 116 Å². The molecule has 1 saturated heterocycles. The first-order chi connectivity index (χ1) is 11.9. The zero-order valence-corrected chi connectivity index (χ0v) is 14.1. The molecule has 1 fully saturated rings. The van der Waals surface area contributed by atoms with Crippen molar-refractivity contribution >= 4 is 29.5 Å². The molecule has 0 aromatic heterocycles. The van der Waals surface area contributed by atoms with Crippen molar-refractivity contribution in [2.75, 3.05) is 12.4 Å². The number of hydrogen-bond acceptors (Lipinski definition) is 6. The van der Waals surface area contributed by atoms with Crippen molar-refractivity contribution in [3.05, 3.63) is 35.5 Å². The zero-order valence-electron chi connectivity index (χ0n) is 13.3. The summed E-state index contributed by atoms with van der Waals surface area (Å²) in [6, 6.07) is 3.29. The van der Waals surface area contributed by atoms with Crippen molar-refractivity contribution < 1.29 is 29.3 Å². The van der Waals surface area contributed by atoms with Gasteiger partial charge >= 0.3 is 5.97 Å². The van der Waals surface area contributed by atoms with E-state index in [0.717, 1.165) is 0 Å². The maximum absolute atomic E-state index is 12.5. The van der Waals surface area contributed by atoms with Crippen LogP contribution in [0.5, 0.6) is 11.5 Å². The molecule has 0 saturated carbocycles. The van der Waals surface area contributed by atoms with E-state index in [-0.39, 0.29) is 22.8 Å². The van der Waals surface area contributed by atoms with Crippen LogP contribution in [0.1, 0.15) is 17.3 Å². The fraction of sp³-hybridized carbons (Fsp3) is 0.312. The molecule has 1 aromatic carbocycles. The first-order valence-corrected chi connectivity index (χ1v) is 8.63. The highest BCUT2D eigenvalue weighted by atomic mass is 32.2. The lowest BCUT2D eigenvalue weighted by atomic mass is 10.0. The number of carbonyl (C=O) groups is 3. The lowest BCUT2D eigenvalue weighted by Crippen LogP contribution is -2.70. The summed E-state index contributed by atoms with van der Waals surface area (Å²) in [4.78, 5) is 37.1. The van der Waals surface area contributed by atoms with Crippen LogP contribution >= 0.6 is 11.8 Å². The molecule has 0 aliphatic carbocycles. The predicted octanol–water partition coefficient (Wildman–Crippen LogP) is 0.773. The fourth-order valence-electron chi connectivity index (χ4n) is 2.73. The van der Waals surface area contributed by atoms with E-state index in [1.165, 1.54) is 40.9 Å². The molecule has 8 nitrogen and oxygen atoms in total.